The molecule has 0 aliphatic heterocycles. The standard InChI is InChI=1S/C8H14OSi2/c1-9-11(10)7-8-5-3-2-4-6-8/h2-6,11H,7H2,1,10H3. The fourth-order valence-corrected chi connectivity index (χ4v) is 3.55. The van der Waals surface area contributed by atoms with Crippen LogP contribution in [0.3, 0.4) is 0 Å². The smallest absolute Gasteiger partial charge is 0.158 e. The van der Waals surface area contributed by atoms with Gasteiger partial charge in [0.25, 0.3) is 0 Å². The molecule has 0 aliphatic rings. The van der Waals surface area contributed by atoms with Crippen LogP contribution < -0.4 is 0 Å². The zero-order valence-electron chi connectivity index (χ0n) is 7.08. The van der Waals surface area contributed by atoms with Gasteiger partial charge in [0.05, 0.1) is 0 Å². The van der Waals surface area contributed by atoms with Crippen molar-refractivity contribution in [1.29, 1.82) is 0 Å². The number of benzene rings is 1. The molecule has 0 saturated carbocycles. The predicted octanol–water partition coefficient (Wildman–Crippen LogP) is 0.000600. The lowest BCUT2D eigenvalue weighted by Crippen LogP contribution is -2.19. The van der Waals surface area contributed by atoms with Crippen molar-refractivity contribution in [3.05, 3.63) is 35.9 Å². The van der Waals surface area contributed by atoms with E-state index in [-0.39, 0.29) is 0 Å². The zero-order chi connectivity index (χ0) is 8.10. The van der Waals surface area contributed by atoms with Crippen LogP contribution in [0.25, 0.3) is 0 Å². The summed E-state index contributed by atoms with van der Waals surface area (Å²) in [6, 6.07) is 11.8. The van der Waals surface area contributed by atoms with Crippen LogP contribution in [0.4, 0.5) is 0 Å². The molecular formula is C8H14OSi2. The third kappa shape index (κ3) is 3.01. The van der Waals surface area contributed by atoms with Crippen molar-refractivity contribution in [2.75, 3.05) is 7.11 Å². The third-order valence-electron chi connectivity index (χ3n) is 1.77. The van der Waals surface area contributed by atoms with E-state index < -0.39 is 8.56 Å². The van der Waals surface area contributed by atoms with E-state index in [4.69, 9.17) is 4.43 Å². The molecule has 0 heterocycles. The van der Waals surface area contributed by atoms with E-state index in [1.165, 1.54) is 21.4 Å². The average Bonchev–Trinajstić information content (AvgIpc) is 2.06. The Labute approximate surface area is 72.3 Å². The lowest BCUT2D eigenvalue weighted by Gasteiger charge is -2.06. The van der Waals surface area contributed by atoms with Gasteiger partial charge in [-0.3, -0.25) is 0 Å². The second kappa shape index (κ2) is 4.48. The second-order valence-corrected chi connectivity index (χ2v) is 9.10. The molecule has 1 aromatic carbocycles. The number of hydrogen-bond donors (Lipinski definition) is 0. The van der Waals surface area contributed by atoms with Gasteiger partial charge in [0.15, 0.2) is 8.56 Å². The monoisotopic (exact) mass is 182 g/mol. The molecule has 0 N–H and O–H groups in total. The summed E-state index contributed by atoms with van der Waals surface area (Å²) in [4.78, 5) is 0. The summed E-state index contributed by atoms with van der Waals surface area (Å²) >= 11 is 0. The van der Waals surface area contributed by atoms with Crippen molar-refractivity contribution < 1.29 is 4.43 Å². The lowest BCUT2D eigenvalue weighted by molar-refractivity contribution is 0.434. The predicted molar refractivity (Wildman–Crippen MR) is 54.2 cm³/mol. The highest BCUT2D eigenvalue weighted by Gasteiger charge is 2.01. The van der Waals surface area contributed by atoms with Gasteiger partial charge < -0.3 is 4.43 Å². The molecule has 1 nitrogen and oxygen atoms in total. The molecule has 0 saturated heterocycles. The van der Waals surface area contributed by atoms with E-state index in [9.17, 15) is 0 Å². The molecule has 60 valence electrons. The zero-order valence-corrected chi connectivity index (χ0v) is 10.2. The van der Waals surface area contributed by atoms with Crippen molar-refractivity contribution in [3.8, 4) is 0 Å². The molecule has 1 aromatic rings. The Balaban J connectivity index is 2.51. The van der Waals surface area contributed by atoms with Gasteiger partial charge in [-0.1, -0.05) is 30.3 Å². The molecule has 0 spiro atoms. The van der Waals surface area contributed by atoms with Gasteiger partial charge >= 0.3 is 0 Å². The van der Waals surface area contributed by atoms with Crippen LogP contribution in [-0.4, -0.2) is 25.4 Å². The SMILES string of the molecule is CO[SiH]([SiH3])Cc1ccccc1. The summed E-state index contributed by atoms with van der Waals surface area (Å²) in [6.07, 6.45) is 0. The third-order valence-corrected chi connectivity index (χ3v) is 6.26. The van der Waals surface area contributed by atoms with E-state index in [1.807, 2.05) is 7.11 Å². The van der Waals surface area contributed by atoms with E-state index in [2.05, 4.69) is 30.3 Å². The first kappa shape index (κ1) is 8.71. The molecule has 0 amide bonds. The average molecular weight is 182 g/mol. The molecular weight excluding hydrogens is 168 g/mol. The van der Waals surface area contributed by atoms with Gasteiger partial charge in [-0.05, 0) is 11.6 Å². The van der Waals surface area contributed by atoms with Crippen molar-refractivity contribution in [1.82, 2.24) is 0 Å². The first-order valence-electron chi connectivity index (χ1n) is 3.89. The van der Waals surface area contributed by atoms with Gasteiger partial charge in [-0.2, -0.15) is 0 Å². The van der Waals surface area contributed by atoms with Crippen LogP contribution in [0.15, 0.2) is 30.3 Å². The van der Waals surface area contributed by atoms with Crippen LogP contribution in [0, 0.1) is 0 Å². The topological polar surface area (TPSA) is 9.23 Å². The van der Waals surface area contributed by atoms with Crippen LogP contribution in [0.2, 0.25) is 0 Å². The minimum Gasteiger partial charge on any atom is -0.427 e. The van der Waals surface area contributed by atoms with Crippen molar-refractivity contribution in [3.63, 3.8) is 0 Å². The minimum atomic E-state index is -0.769. The van der Waals surface area contributed by atoms with Crippen LogP contribution in [0.1, 0.15) is 5.56 Å². The first-order valence-corrected chi connectivity index (χ1v) is 9.80. The Morgan fingerprint density at radius 2 is 2.00 bits per heavy atom. The molecule has 3 heteroatoms. The Morgan fingerprint density at radius 3 is 2.55 bits per heavy atom. The van der Waals surface area contributed by atoms with Gasteiger partial charge in [0.2, 0.25) is 0 Å². The van der Waals surface area contributed by atoms with E-state index >= 15 is 0 Å². The summed E-state index contributed by atoms with van der Waals surface area (Å²) in [6.45, 7) is 0. The second-order valence-electron chi connectivity index (χ2n) is 2.74. The molecule has 11 heavy (non-hydrogen) atoms. The highest BCUT2D eigenvalue weighted by Crippen LogP contribution is 2.00. The lowest BCUT2D eigenvalue weighted by atomic mass is 10.2. The summed E-state index contributed by atoms with van der Waals surface area (Å²) in [5, 5.41) is 0. The Kier molecular flexibility index (Phi) is 3.55. The molecule has 1 atom stereocenters. The molecule has 0 fully saturated rings. The Bertz CT molecular complexity index is 201. The normalized spacial score (nSPS) is 13.2. The Hall–Kier alpha value is -0.386. The highest BCUT2D eigenvalue weighted by atomic mass is 29.2. The summed E-state index contributed by atoms with van der Waals surface area (Å²) in [7, 11) is 2.31. The van der Waals surface area contributed by atoms with Gasteiger partial charge in [-0.25, -0.2) is 0 Å². The maximum absolute atomic E-state index is 5.35. The molecule has 1 rings (SSSR count). The van der Waals surface area contributed by atoms with Gasteiger partial charge in [0, 0.05) is 16.9 Å². The van der Waals surface area contributed by atoms with Crippen molar-refractivity contribution in [2.45, 2.75) is 6.04 Å². The van der Waals surface area contributed by atoms with E-state index in [0.717, 1.165) is 0 Å². The maximum Gasteiger partial charge on any atom is 0.158 e. The molecule has 1 unspecified atom stereocenters. The fraction of sp³-hybridized carbons (Fsp3) is 0.250. The molecule has 0 aliphatic carbocycles. The highest BCUT2D eigenvalue weighted by molar-refractivity contribution is 6.98. The van der Waals surface area contributed by atoms with Crippen LogP contribution in [0.5, 0.6) is 0 Å². The minimum absolute atomic E-state index is 0.769. The number of hydrogen-bond acceptors (Lipinski definition) is 1. The first-order chi connectivity index (χ1) is 5.33. The molecule has 0 aromatic heterocycles. The number of rotatable bonds is 3. The molecule has 0 radical (unpaired) electrons. The van der Waals surface area contributed by atoms with Crippen molar-refractivity contribution in [2.24, 2.45) is 0 Å². The van der Waals surface area contributed by atoms with E-state index in [0.29, 0.717) is 0 Å². The van der Waals surface area contributed by atoms with Crippen LogP contribution in [-0.2, 0) is 10.5 Å². The van der Waals surface area contributed by atoms with E-state index in [1.54, 1.807) is 0 Å². The Morgan fingerprint density at radius 1 is 1.36 bits per heavy atom. The summed E-state index contributed by atoms with van der Waals surface area (Å²) in [5.41, 5.74) is 1.43. The van der Waals surface area contributed by atoms with Gasteiger partial charge in [-0.15, -0.1) is 0 Å². The van der Waals surface area contributed by atoms with Crippen molar-refractivity contribution >= 4 is 18.3 Å². The quantitative estimate of drug-likeness (QED) is 0.598. The summed E-state index contributed by atoms with van der Waals surface area (Å²) < 4.78 is 5.35. The summed E-state index contributed by atoms with van der Waals surface area (Å²) in [5.74, 6) is 0. The molecule has 0 bridgehead atoms. The largest absolute Gasteiger partial charge is 0.427 e. The van der Waals surface area contributed by atoms with Gasteiger partial charge in [0.1, 0.15) is 0 Å². The fourth-order valence-electron chi connectivity index (χ4n) is 1.03. The maximum atomic E-state index is 5.35. The van der Waals surface area contributed by atoms with Crippen LogP contribution >= 0.6 is 0 Å².